The molecule has 13 heavy (non-hydrogen) atoms. The number of morpholine rings is 1. The fourth-order valence-electron chi connectivity index (χ4n) is 2.20. The number of imidazole rings is 1. The molecule has 0 spiro atoms. The molecule has 2 fully saturated rings. The van der Waals surface area contributed by atoms with E-state index in [2.05, 4.69) is 14.9 Å². The van der Waals surface area contributed by atoms with Crippen LogP contribution in [0.2, 0.25) is 0 Å². The fraction of sp³-hybridized carbons (Fsp3) is 0.667. The van der Waals surface area contributed by atoms with Gasteiger partial charge in [0.05, 0.1) is 18.8 Å². The molecule has 2 aliphatic rings. The zero-order valence-electron chi connectivity index (χ0n) is 7.66. The predicted octanol–water partition coefficient (Wildman–Crippen LogP) is 0.696. The van der Waals surface area contributed by atoms with Crippen molar-refractivity contribution in [3.05, 3.63) is 11.9 Å². The molecule has 0 amide bonds. The number of nitrogens with zero attached hydrogens (tertiary/aromatic N) is 2. The summed E-state index contributed by atoms with van der Waals surface area (Å²) >= 11 is 0. The van der Waals surface area contributed by atoms with Crippen molar-refractivity contribution in [2.24, 2.45) is 0 Å². The number of ether oxygens (including phenoxy) is 1. The van der Waals surface area contributed by atoms with Gasteiger partial charge in [0.15, 0.2) is 0 Å². The van der Waals surface area contributed by atoms with Crippen molar-refractivity contribution in [1.82, 2.24) is 9.97 Å². The minimum absolute atomic E-state index is 0.440. The number of aromatic amines is 1. The number of hydrogen-bond acceptors (Lipinski definition) is 3. The molecule has 0 radical (unpaired) electrons. The van der Waals surface area contributed by atoms with Crippen LogP contribution in [0.5, 0.6) is 0 Å². The van der Waals surface area contributed by atoms with Gasteiger partial charge in [-0.15, -0.1) is 0 Å². The molecule has 1 aromatic rings. The lowest BCUT2D eigenvalue weighted by Crippen LogP contribution is -2.37. The smallest absolute Gasteiger partial charge is 0.203 e. The standard InChI is InChI=1S/C9H13N3O/c1-6-3-10-9(11-6)12-4-8-2-7(12)5-13-8/h3,7-8H,2,4-5H2,1H3,(H,10,11). The largest absolute Gasteiger partial charge is 0.374 e. The molecule has 4 nitrogen and oxygen atoms in total. The van der Waals surface area contributed by atoms with Gasteiger partial charge in [-0.3, -0.25) is 0 Å². The fourth-order valence-corrected chi connectivity index (χ4v) is 2.20. The Kier molecular flexibility index (Phi) is 1.41. The van der Waals surface area contributed by atoms with E-state index in [1.54, 1.807) is 0 Å². The number of H-pyrrole nitrogens is 1. The van der Waals surface area contributed by atoms with Gasteiger partial charge in [0.1, 0.15) is 0 Å². The summed E-state index contributed by atoms with van der Waals surface area (Å²) in [6.07, 6.45) is 3.48. The molecule has 3 rings (SSSR count). The van der Waals surface area contributed by atoms with Crippen LogP contribution < -0.4 is 4.90 Å². The van der Waals surface area contributed by atoms with E-state index in [-0.39, 0.29) is 0 Å². The number of aromatic nitrogens is 2. The Bertz CT molecular complexity index is 322. The van der Waals surface area contributed by atoms with E-state index in [1.165, 1.54) is 6.42 Å². The topological polar surface area (TPSA) is 41.2 Å². The molecule has 70 valence electrons. The monoisotopic (exact) mass is 179 g/mol. The van der Waals surface area contributed by atoms with E-state index in [0.717, 1.165) is 24.8 Å². The van der Waals surface area contributed by atoms with Crippen LogP contribution in [0.3, 0.4) is 0 Å². The van der Waals surface area contributed by atoms with Crippen LogP contribution in [0.25, 0.3) is 0 Å². The highest BCUT2D eigenvalue weighted by Crippen LogP contribution is 2.30. The van der Waals surface area contributed by atoms with Crippen LogP contribution in [0.15, 0.2) is 6.20 Å². The van der Waals surface area contributed by atoms with Gasteiger partial charge in [0.2, 0.25) is 5.95 Å². The molecular formula is C9H13N3O. The molecule has 2 bridgehead atoms. The first kappa shape index (κ1) is 7.38. The maximum Gasteiger partial charge on any atom is 0.203 e. The first-order valence-corrected chi connectivity index (χ1v) is 4.73. The molecule has 2 aliphatic heterocycles. The highest BCUT2D eigenvalue weighted by Gasteiger charge is 2.39. The molecule has 0 aromatic carbocycles. The average molecular weight is 179 g/mol. The predicted molar refractivity (Wildman–Crippen MR) is 48.8 cm³/mol. The van der Waals surface area contributed by atoms with Crippen LogP contribution in [0.1, 0.15) is 12.1 Å². The van der Waals surface area contributed by atoms with E-state index >= 15 is 0 Å². The molecule has 2 unspecified atom stereocenters. The van der Waals surface area contributed by atoms with Gasteiger partial charge >= 0.3 is 0 Å². The summed E-state index contributed by atoms with van der Waals surface area (Å²) in [4.78, 5) is 9.91. The zero-order valence-corrected chi connectivity index (χ0v) is 7.66. The van der Waals surface area contributed by atoms with Crippen molar-refractivity contribution in [3.63, 3.8) is 0 Å². The van der Waals surface area contributed by atoms with Gasteiger partial charge in [-0.05, 0) is 13.3 Å². The molecule has 0 saturated carbocycles. The summed E-state index contributed by atoms with van der Waals surface area (Å²) in [5, 5.41) is 0. The Labute approximate surface area is 76.9 Å². The quantitative estimate of drug-likeness (QED) is 0.689. The van der Waals surface area contributed by atoms with Gasteiger partial charge in [-0.2, -0.15) is 0 Å². The Balaban J connectivity index is 1.87. The summed E-state index contributed by atoms with van der Waals surface area (Å²) in [6.45, 7) is 3.89. The third kappa shape index (κ3) is 1.05. The molecule has 0 aliphatic carbocycles. The van der Waals surface area contributed by atoms with E-state index in [4.69, 9.17) is 4.74 Å². The van der Waals surface area contributed by atoms with E-state index in [9.17, 15) is 0 Å². The molecule has 2 atom stereocenters. The third-order valence-corrected chi connectivity index (χ3v) is 2.86. The highest BCUT2D eigenvalue weighted by atomic mass is 16.5. The van der Waals surface area contributed by atoms with Crippen LogP contribution >= 0.6 is 0 Å². The molecule has 2 saturated heterocycles. The Morgan fingerprint density at radius 1 is 1.69 bits per heavy atom. The van der Waals surface area contributed by atoms with Crippen LogP contribution in [0, 0.1) is 6.92 Å². The van der Waals surface area contributed by atoms with E-state index in [0.29, 0.717) is 12.1 Å². The van der Waals surface area contributed by atoms with Crippen molar-refractivity contribution in [3.8, 4) is 0 Å². The number of aryl methyl sites for hydroxylation is 1. The minimum Gasteiger partial charge on any atom is -0.374 e. The SMILES string of the molecule is Cc1cnc(N2CC3CC2CO3)[nH]1. The van der Waals surface area contributed by atoms with Crippen LogP contribution in [0.4, 0.5) is 5.95 Å². The van der Waals surface area contributed by atoms with Crippen molar-refractivity contribution in [2.75, 3.05) is 18.1 Å². The van der Waals surface area contributed by atoms with Crippen molar-refractivity contribution >= 4 is 5.95 Å². The van der Waals surface area contributed by atoms with Gasteiger partial charge in [-0.25, -0.2) is 4.98 Å². The lowest BCUT2D eigenvalue weighted by atomic mass is 10.2. The maximum atomic E-state index is 5.53. The number of rotatable bonds is 1. The summed E-state index contributed by atoms with van der Waals surface area (Å²) in [5.74, 6) is 1.01. The third-order valence-electron chi connectivity index (χ3n) is 2.86. The first-order valence-electron chi connectivity index (χ1n) is 4.73. The van der Waals surface area contributed by atoms with Crippen LogP contribution in [-0.2, 0) is 4.74 Å². The zero-order chi connectivity index (χ0) is 8.84. The average Bonchev–Trinajstić information content (AvgIpc) is 2.77. The van der Waals surface area contributed by atoms with Gasteiger partial charge < -0.3 is 14.6 Å². The van der Waals surface area contributed by atoms with E-state index < -0.39 is 0 Å². The van der Waals surface area contributed by atoms with Gasteiger partial charge in [0.25, 0.3) is 0 Å². The minimum atomic E-state index is 0.440. The second kappa shape index (κ2) is 2.48. The summed E-state index contributed by atoms with van der Waals surface area (Å²) < 4.78 is 5.53. The van der Waals surface area contributed by atoms with Gasteiger partial charge in [-0.1, -0.05) is 0 Å². The normalized spacial score (nSPS) is 31.6. The second-order valence-electron chi connectivity index (χ2n) is 3.89. The Hall–Kier alpha value is -1.03. The summed E-state index contributed by atoms with van der Waals surface area (Å²) in [6, 6.07) is 0.551. The highest BCUT2D eigenvalue weighted by molar-refractivity contribution is 5.36. The molecule has 3 heterocycles. The van der Waals surface area contributed by atoms with E-state index in [1.807, 2.05) is 13.1 Å². The molecular weight excluding hydrogens is 166 g/mol. The number of nitrogens with one attached hydrogen (secondary N) is 1. The summed E-state index contributed by atoms with van der Waals surface area (Å²) in [7, 11) is 0. The molecule has 4 heteroatoms. The number of fused-ring (bicyclic) bond motifs is 2. The second-order valence-corrected chi connectivity index (χ2v) is 3.89. The Morgan fingerprint density at radius 3 is 3.15 bits per heavy atom. The number of hydrogen-bond donors (Lipinski definition) is 1. The number of anilines is 1. The lowest BCUT2D eigenvalue weighted by Gasteiger charge is -2.26. The van der Waals surface area contributed by atoms with Crippen molar-refractivity contribution in [2.45, 2.75) is 25.5 Å². The lowest BCUT2D eigenvalue weighted by molar-refractivity contribution is 0.0986. The van der Waals surface area contributed by atoms with Crippen LogP contribution in [-0.4, -0.2) is 35.3 Å². The summed E-state index contributed by atoms with van der Waals surface area (Å²) in [5.41, 5.74) is 1.12. The van der Waals surface area contributed by atoms with Crippen molar-refractivity contribution < 1.29 is 4.74 Å². The first-order chi connectivity index (χ1) is 6.33. The van der Waals surface area contributed by atoms with Crippen molar-refractivity contribution in [1.29, 1.82) is 0 Å². The molecule has 1 aromatic heterocycles. The maximum absolute atomic E-state index is 5.53. The Morgan fingerprint density at radius 2 is 2.62 bits per heavy atom. The van der Waals surface area contributed by atoms with Gasteiger partial charge in [0, 0.05) is 18.4 Å². The molecule has 1 N–H and O–H groups in total.